The summed E-state index contributed by atoms with van der Waals surface area (Å²) in [7, 11) is 1.28. The first-order chi connectivity index (χ1) is 15.3. The Kier molecular flexibility index (Phi) is 5.40. The summed E-state index contributed by atoms with van der Waals surface area (Å²) in [4.78, 5) is 30.8. The number of Topliss-reactive ketones (excluding diaryl/α,β-unsaturated/α-hetero) is 1. The Balaban J connectivity index is 2.01. The van der Waals surface area contributed by atoms with Crippen LogP contribution in [0.25, 0.3) is 5.76 Å². The molecule has 1 aliphatic rings. The lowest BCUT2D eigenvalue weighted by Gasteiger charge is -2.25. The third-order valence-corrected chi connectivity index (χ3v) is 5.00. The summed E-state index contributed by atoms with van der Waals surface area (Å²) in [6.45, 7) is 0. The lowest BCUT2D eigenvalue weighted by molar-refractivity contribution is -0.132. The van der Waals surface area contributed by atoms with Gasteiger partial charge in [-0.25, -0.2) is 13.2 Å². The lowest BCUT2D eigenvalue weighted by Crippen LogP contribution is -2.30. The van der Waals surface area contributed by atoms with E-state index in [4.69, 9.17) is 4.74 Å². The van der Waals surface area contributed by atoms with Crippen molar-refractivity contribution in [2.24, 2.45) is 0 Å². The number of halogens is 3. The Morgan fingerprint density at radius 1 is 1.03 bits per heavy atom. The number of ether oxygens (including phenoxy) is 1. The summed E-state index contributed by atoms with van der Waals surface area (Å²) < 4.78 is 47.5. The predicted molar refractivity (Wildman–Crippen MR) is 108 cm³/mol. The van der Waals surface area contributed by atoms with E-state index in [0.29, 0.717) is 0 Å². The topological polar surface area (TPSA) is 79.7 Å². The highest BCUT2D eigenvalue weighted by atomic mass is 19.1. The normalized spacial score (nSPS) is 17.6. The highest BCUT2D eigenvalue weighted by Crippen LogP contribution is 2.43. The monoisotopic (exact) mass is 440 g/mol. The number of hydrogen-bond acceptors (Lipinski definition) is 5. The quantitative estimate of drug-likeness (QED) is 0.375. The number of hydrogen-bond donors (Lipinski definition) is 1. The number of benzene rings is 2. The molecule has 3 aromatic rings. The van der Waals surface area contributed by atoms with E-state index in [9.17, 15) is 27.9 Å². The molecule has 1 N–H and O–H groups in total. The van der Waals surface area contributed by atoms with Gasteiger partial charge in [0.2, 0.25) is 0 Å². The van der Waals surface area contributed by atoms with Gasteiger partial charge in [-0.2, -0.15) is 0 Å². The van der Waals surface area contributed by atoms with Crippen LogP contribution in [0.15, 0.2) is 66.4 Å². The van der Waals surface area contributed by atoms with Crippen LogP contribution in [-0.2, 0) is 9.59 Å². The largest absolute Gasteiger partial charge is 0.507 e. The van der Waals surface area contributed by atoms with Gasteiger partial charge in [0.05, 0.1) is 29.6 Å². The van der Waals surface area contributed by atoms with E-state index in [2.05, 4.69) is 4.98 Å². The van der Waals surface area contributed by atoms with Crippen molar-refractivity contribution in [1.82, 2.24) is 4.98 Å². The molecule has 0 radical (unpaired) electrons. The second kappa shape index (κ2) is 8.18. The van der Waals surface area contributed by atoms with E-state index in [1.807, 2.05) is 0 Å². The fourth-order valence-corrected chi connectivity index (χ4v) is 3.58. The smallest absolute Gasteiger partial charge is 0.300 e. The number of aliphatic hydroxyl groups is 1. The Morgan fingerprint density at radius 3 is 2.44 bits per heavy atom. The number of methoxy groups -OCH3 is 1. The molecule has 9 heteroatoms. The van der Waals surface area contributed by atoms with Crippen LogP contribution in [0.5, 0.6) is 5.75 Å². The standard InChI is InChI=1S/C23H15F3N2O4/c1-32-18-8-6-12(24)10-14(18)21(29)19-20(16-4-2-3-9-27-16)28(23(31)22(19)30)17-11-13(25)5-7-15(17)26/h2-11,20,29H,1H3/b21-19+. The molecule has 4 rings (SSSR count). The van der Waals surface area contributed by atoms with Gasteiger partial charge in [0.1, 0.15) is 35.0 Å². The van der Waals surface area contributed by atoms with Crippen LogP contribution in [-0.4, -0.2) is 28.9 Å². The van der Waals surface area contributed by atoms with Crippen LogP contribution in [0.1, 0.15) is 17.3 Å². The molecule has 1 fully saturated rings. The van der Waals surface area contributed by atoms with Crippen LogP contribution in [0.3, 0.4) is 0 Å². The fraction of sp³-hybridized carbons (Fsp3) is 0.0870. The number of aromatic nitrogens is 1. The Bertz CT molecular complexity index is 1260. The number of anilines is 1. The third-order valence-electron chi connectivity index (χ3n) is 5.00. The molecule has 0 spiro atoms. The molecule has 1 atom stereocenters. The van der Waals surface area contributed by atoms with E-state index >= 15 is 0 Å². The summed E-state index contributed by atoms with van der Waals surface area (Å²) in [5, 5.41) is 11.0. The highest BCUT2D eigenvalue weighted by molar-refractivity contribution is 6.51. The van der Waals surface area contributed by atoms with Crippen molar-refractivity contribution in [3.05, 3.63) is 95.1 Å². The maximum Gasteiger partial charge on any atom is 0.300 e. The van der Waals surface area contributed by atoms with E-state index < -0.39 is 52.2 Å². The van der Waals surface area contributed by atoms with E-state index in [1.54, 1.807) is 12.1 Å². The molecule has 1 amide bonds. The number of nitrogens with zero attached hydrogens (tertiary/aromatic N) is 2. The molecule has 32 heavy (non-hydrogen) atoms. The van der Waals surface area contributed by atoms with Crippen molar-refractivity contribution in [1.29, 1.82) is 0 Å². The maximum absolute atomic E-state index is 14.6. The van der Waals surface area contributed by atoms with Gasteiger partial charge in [-0.1, -0.05) is 6.07 Å². The highest BCUT2D eigenvalue weighted by Gasteiger charge is 2.48. The average molecular weight is 440 g/mol. The average Bonchev–Trinajstić information content (AvgIpc) is 3.06. The van der Waals surface area contributed by atoms with Crippen LogP contribution < -0.4 is 9.64 Å². The number of pyridine rings is 1. The molecule has 0 aliphatic carbocycles. The Labute approximate surface area is 180 Å². The molecule has 1 unspecified atom stereocenters. The van der Waals surface area contributed by atoms with Crippen LogP contribution in [0, 0.1) is 17.5 Å². The van der Waals surface area contributed by atoms with Gasteiger partial charge >= 0.3 is 0 Å². The van der Waals surface area contributed by atoms with Gasteiger partial charge in [-0.05, 0) is 42.5 Å². The lowest BCUT2D eigenvalue weighted by atomic mass is 9.97. The van der Waals surface area contributed by atoms with Crippen molar-refractivity contribution in [3.8, 4) is 5.75 Å². The number of ketones is 1. The predicted octanol–water partition coefficient (Wildman–Crippen LogP) is 4.13. The first-order valence-corrected chi connectivity index (χ1v) is 9.34. The minimum absolute atomic E-state index is 0.0341. The first-order valence-electron chi connectivity index (χ1n) is 9.34. The minimum atomic E-state index is -1.40. The fourth-order valence-electron chi connectivity index (χ4n) is 3.58. The maximum atomic E-state index is 14.6. The second-order valence-electron chi connectivity index (χ2n) is 6.86. The zero-order valence-corrected chi connectivity index (χ0v) is 16.6. The zero-order valence-electron chi connectivity index (χ0n) is 16.6. The van der Waals surface area contributed by atoms with Crippen molar-refractivity contribution in [3.63, 3.8) is 0 Å². The van der Waals surface area contributed by atoms with Crippen LogP contribution in [0.4, 0.5) is 18.9 Å². The molecule has 162 valence electrons. The van der Waals surface area contributed by atoms with Gasteiger partial charge in [0, 0.05) is 12.3 Å². The molecule has 1 saturated heterocycles. The van der Waals surface area contributed by atoms with Crippen molar-refractivity contribution < 1.29 is 32.6 Å². The summed E-state index contributed by atoms with van der Waals surface area (Å²) in [5.74, 6) is -5.61. The minimum Gasteiger partial charge on any atom is -0.507 e. The number of rotatable bonds is 4. The number of aliphatic hydroxyl groups excluding tert-OH is 1. The summed E-state index contributed by atoms with van der Waals surface area (Å²) in [6, 6.07) is 8.89. The molecule has 1 aliphatic heterocycles. The number of carbonyl (C=O) groups excluding carboxylic acids is 2. The van der Waals surface area contributed by atoms with E-state index in [0.717, 1.165) is 35.2 Å². The van der Waals surface area contributed by atoms with Crippen molar-refractivity contribution in [2.75, 3.05) is 12.0 Å². The van der Waals surface area contributed by atoms with Gasteiger partial charge in [0.15, 0.2) is 0 Å². The van der Waals surface area contributed by atoms with E-state index in [-0.39, 0.29) is 17.0 Å². The second-order valence-corrected chi connectivity index (χ2v) is 6.86. The molecule has 1 aromatic heterocycles. The van der Waals surface area contributed by atoms with Gasteiger partial charge < -0.3 is 9.84 Å². The molecule has 2 aromatic carbocycles. The molecular formula is C23H15F3N2O4. The van der Waals surface area contributed by atoms with Crippen molar-refractivity contribution in [2.45, 2.75) is 6.04 Å². The molecular weight excluding hydrogens is 425 g/mol. The summed E-state index contributed by atoms with van der Waals surface area (Å²) in [5.41, 5.74) is -1.06. The summed E-state index contributed by atoms with van der Waals surface area (Å²) in [6.07, 6.45) is 1.38. The van der Waals surface area contributed by atoms with E-state index in [1.165, 1.54) is 25.4 Å². The Morgan fingerprint density at radius 2 is 1.75 bits per heavy atom. The van der Waals surface area contributed by atoms with Gasteiger partial charge in [-0.15, -0.1) is 0 Å². The molecule has 2 heterocycles. The number of carbonyl (C=O) groups is 2. The zero-order chi connectivity index (χ0) is 23.0. The number of amides is 1. The third kappa shape index (κ3) is 3.47. The van der Waals surface area contributed by atoms with Crippen molar-refractivity contribution >= 4 is 23.1 Å². The summed E-state index contributed by atoms with van der Waals surface area (Å²) >= 11 is 0. The van der Waals surface area contributed by atoms with Crippen LogP contribution >= 0.6 is 0 Å². The first kappa shape index (κ1) is 21.1. The van der Waals surface area contributed by atoms with Gasteiger partial charge in [0.25, 0.3) is 11.7 Å². The van der Waals surface area contributed by atoms with Crippen LogP contribution in [0.2, 0.25) is 0 Å². The Hall–Kier alpha value is -4.14. The van der Waals surface area contributed by atoms with Gasteiger partial charge in [-0.3, -0.25) is 19.5 Å². The molecule has 0 bridgehead atoms. The molecule has 6 nitrogen and oxygen atoms in total. The SMILES string of the molecule is COc1ccc(F)cc1/C(O)=C1\C(=O)C(=O)N(c2cc(F)ccc2F)C1c1ccccn1. The molecule has 0 saturated carbocycles.